The first-order valence-corrected chi connectivity index (χ1v) is 5.27. The van der Waals surface area contributed by atoms with Crippen molar-refractivity contribution in [3.05, 3.63) is 29.8 Å². The summed E-state index contributed by atoms with van der Waals surface area (Å²) in [5, 5.41) is 8.49. The Labute approximate surface area is 105 Å². The number of rotatable bonds is 3. The van der Waals surface area contributed by atoms with E-state index >= 15 is 0 Å². The normalized spacial score (nSPS) is 11.6. The molecule has 0 saturated heterocycles. The van der Waals surface area contributed by atoms with Crippen LogP contribution in [-0.2, 0) is 6.54 Å². The highest BCUT2D eigenvalue weighted by Gasteiger charge is 2.29. The maximum Gasteiger partial charge on any atom is 0.406 e. The molecule has 0 radical (unpaired) electrons. The average molecular weight is 273 g/mol. The molecule has 0 aliphatic carbocycles. The number of aromatic nitrogens is 4. The topological polar surface area (TPSA) is 75.6 Å². The van der Waals surface area contributed by atoms with Crippen LogP contribution in [0.5, 0.6) is 0 Å². The zero-order valence-corrected chi connectivity index (χ0v) is 9.82. The summed E-state index contributed by atoms with van der Waals surface area (Å²) >= 11 is 0. The minimum atomic E-state index is -4.39. The van der Waals surface area contributed by atoms with Crippen LogP contribution in [-0.4, -0.2) is 31.8 Å². The number of anilines is 1. The smallest absolute Gasteiger partial charge is 0.334 e. The van der Waals surface area contributed by atoms with Crippen molar-refractivity contribution in [1.82, 2.24) is 19.7 Å². The molecule has 2 aromatic rings. The van der Waals surface area contributed by atoms with Gasteiger partial charge in [-0.2, -0.15) is 18.2 Å². The van der Waals surface area contributed by atoms with Crippen molar-refractivity contribution in [3.8, 4) is 0 Å². The summed E-state index contributed by atoms with van der Waals surface area (Å²) in [6.07, 6.45) is -3.21. The molecule has 0 aliphatic heterocycles. The molecule has 0 aliphatic rings. The average Bonchev–Trinajstić information content (AvgIpc) is 2.85. The first-order valence-electron chi connectivity index (χ1n) is 5.27. The molecule has 0 spiro atoms. The lowest BCUT2D eigenvalue weighted by molar-refractivity contribution is -0.140. The van der Waals surface area contributed by atoms with Crippen molar-refractivity contribution < 1.29 is 18.0 Å². The van der Waals surface area contributed by atoms with Gasteiger partial charge in [0.2, 0.25) is 5.95 Å². The Kier molecular flexibility index (Phi) is 3.28. The molecule has 102 valence electrons. The van der Waals surface area contributed by atoms with Crippen molar-refractivity contribution >= 4 is 11.9 Å². The van der Waals surface area contributed by atoms with E-state index in [1.54, 1.807) is 6.92 Å². The molecule has 2 rings (SSSR count). The maximum absolute atomic E-state index is 12.3. The number of aromatic amines is 1. The number of hydrogen-bond donors (Lipinski definition) is 2. The number of halogens is 3. The molecular weight excluding hydrogens is 263 g/mol. The van der Waals surface area contributed by atoms with Crippen LogP contribution in [0.25, 0.3) is 0 Å². The molecule has 9 heteroatoms. The summed E-state index contributed by atoms with van der Waals surface area (Å²) in [4.78, 5) is 15.6. The molecule has 0 atom stereocenters. The highest BCUT2D eigenvalue weighted by atomic mass is 19.4. The van der Waals surface area contributed by atoms with E-state index in [4.69, 9.17) is 0 Å². The van der Waals surface area contributed by atoms with E-state index in [0.29, 0.717) is 5.82 Å². The van der Waals surface area contributed by atoms with Gasteiger partial charge in [-0.1, -0.05) is 0 Å². The Morgan fingerprint density at radius 3 is 2.84 bits per heavy atom. The van der Waals surface area contributed by atoms with E-state index in [2.05, 4.69) is 20.5 Å². The van der Waals surface area contributed by atoms with Gasteiger partial charge in [0.05, 0.1) is 0 Å². The van der Waals surface area contributed by atoms with Crippen molar-refractivity contribution in [3.63, 3.8) is 0 Å². The van der Waals surface area contributed by atoms with Crippen LogP contribution in [0.4, 0.5) is 19.1 Å². The van der Waals surface area contributed by atoms with Gasteiger partial charge in [0.25, 0.3) is 5.91 Å². The van der Waals surface area contributed by atoms with Crippen LogP contribution in [0.2, 0.25) is 0 Å². The zero-order chi connectivity index (χ0) is 14.0. The first kappa shape index (κ1) is 13.1. The van der Waals surface area contributed by atoms with Gasteiger partial charge in [0.1, 0.15) is 18.1 Å². The minimum absolute atomic E-state index is 0.0160. The summed E-state index contributed by atoms with van der Waals surface area (Å²) in [6.45, 7) is 0.408. The van der Waals surface area contributed by atoms with Crippen LogP contribution in [0.1, 0.15) is 16.3 Å². The number of nitrogens with one attached hydrogen (secondary N) is 2. The van der Waals surface area contributed by atoms with Crippen LogP contribution in [0, 0.1) is 6.92 Å². The fourth-order valence-electron chi connectivity index (χ4n) is 1.52. The molecule has 0 saturated carbocycles. The third-order valence-electron chi connectivity index (χ3n) is 2.23. The van der Waals surface area contributed by atoms with Gasteiger partial charge in [-0.3, -0.25) is 15.2 Å². The summed E-state index contributed by atoms with van der Waals surface area (Å²) < 4.78 is 37.7. The van der Waals surface area contributed by atoms with Gasteiger partial charge in [-0.05, 0) is 19.1 Å². The number of amides is 1. The van der Waals surface area contributed by atoms with Crippen molar-refractivity contribution in [2.24, 2.45) is 0 Å². The molecule has 6 nitrogen and oxygen atoms in total. The molecule has 2 heterocycles. The van der Waals surface area contributed by atoms with Gasteiger partial charge in [0, 0.05) is 6.20 Å². The molecule has 1 amide bonds. The summed E-state index contributed by atoms with van der Waals surface area (Å²) in [5.41, 5.74) is -0.111. The van der Waals surface area contributed by atoms with E-state index < -0.39 is 18.6 Å². The maximum atomic E-state index is 12.3. The monoisotopic (exact) mass is 273 g/mol. The second-order valence-corrected chi connectivity index (χ2v) is 3.84. The largest absolute Gasteiger partial charge is 0.406 e. The number of nitrogens with zero attached hydrogens (tertiary/aromatic N) is 3. The lowest BCUT2D eigenvalue weighted by atomic mass is 10.4. The van der Waals surface area contributed by atoms with E-state index in [9.17, 15) is 18.0 Å². The minimum Gasteiger partial charge on any atom is -0.334 e. The van der Waals surface area contributed by atoms with Crippen molar-refractivity contribution in [2.45, 2.75) is 19.6 Å². The fraction of sp³-hybridized carbons (Fsp3) is 0.300. The van der Waals surface area contributed by atoms with Crippen LogP contribution >= 0.6 is 0 Å². The number of aryl methyl sites for hydroxylation is 1. The molecule has 2 N–H and O–H groups in total. The van der Waals surface area contributed by atoms with Crippen LogP contribution in [0.15, 0.2) is 18.3 Å². The summed E-state index contributed by atoms with van der Waals surface area (Å²) in [7, 11) is 0. The van der Waals surface area contributed by atoms with E-state index in [1.165, 1.54) is 18.3 Å². The quantitative estimate of drug-likeness (QED) is 0.894. The number of carbonyl (C=O) groups is 1. The zero-order valence-electron chi connectivity index (χ0n) is 9.82. The second-order valence-electron chi connectivity index (χ2n) is 3.84. The third-order valence-corrected chi connectivity index (χ3v) is 2.23. The molecule has 0 bridgehead atoms. The Hall–Kier alpha value is -2.32. The Bertz CT molecular complexity index is 586. The van der Waals surface area contributed by atoms with Gasteiger partial charge in [0.15, 0.2) is 0 Å². The molecule has 0 unspecified atom stereocenters. The van der Waals surface area contributed by atoms with Gasteiger partial charge in [-0.25, -0.2) is 0 Å². The molecule has 19 heavy (non-hydrogen) atoms. The predicted octanol–water partition coefficient (Wildman–Crippen LogP) is 1.73. The molecule has 2 aromatic heterocycles. The SMILES string of the molecule is Cc1nc(NC(=O)c2cccn2CC(F)(F)F)n[nH]1. The number of carbonyl (C=O) groups excluding carboxylic acids is 1. The molecular formula is C10H10F3N5O. The Morgan fingerprint density at radius 1 is 1.53 bits per heavy atom. The third kappa shape index (κ3) is 3.33. The number of hydrogen-bond acceptors (Lipinski definition) is 3. The van der Waals surface area contributed by atoms with E-state index in [-0.39, 0.29) is 11.6 Å². The van der Waals surface area contributed by atoms with Crippen molar-refractivity contribution in [2.75, 3.05) is 5.32 Å². The Morgan fingerprint density at radius 2 is 2.26 bits per heavy atom. The number of alkyl halides is 3. The van der Waals surface area contributed by atoms with Crippen molar-refractivity contribution in [1.29, 1.82) is 0 Å². The van der Waals surface area contributed by atoms with Crippen LogP contribution < -0.4 is 5.32 Å². The number of H-pyrrole nitrogens is 1. The van der Waals surface area contributed by atoms with E-state index in [1.807, 2.05) is 0 Å². The second kappa shape index (κ2) is 4.75. The Balaban J connectivity index is 2.13. The molecule has 0 aromatic carbocycles. The predicted molar refractivity (Wildman–Crippen MR) is 59.6 cm³/mol. The van der Waals surface area contributed by atoms with Gasteiger partial charge >= 0.3 is 6.18 Å². The van der Waals surface area contributed by atoms with Gasteiger partial charge < -0.3 is 4.57 Å². The van der Waals surface area contributed by atoms with Crippen LogP contribution in [0.3, 0.4) is 0 Å². The lowest BCUT2D eigenvalue weighted by Crippen LogP contribution is -2.23. The standard InChI is InChI=1S/C10H10F3N5O/c1-6-14-9(17-16-6)15-8(19)7-3-2-4-18(7)5-10(11,12)13/h2-4H,5H2,1H3,(H2,14,15,16,17,19). The highest BCUT2D eigenvalue weighted by Crippen LogP contribution is 2.19. The summed E-state index contributed by atoms with van der Waals surface area (Å²) in [5.74, 6) is -0.198. The summed E-state index contributed by atoms with van der Waals surface area (Å²) in [6, 6.07) is 2.66. The highest BCUT2D eigenvalue weighted by molar-refractivity contribution is 6.02. The lowest BCUT2D eigenvalue weighted by Gasteiger charge is -2.10. The van der Waals surface area contributed by atoms with E-state index in [0.717, 1.165) is 4.57 Å². The fourth-order valence-corrected chi connectivity index (χ4v) is 1.52. The first-order chi connectivity index (χ1) is 8.85. The molecule has 0 fully saturated rings. The van der Waals surface area contributed by atoms with Gasteiger partial charge in [-0.15, -0.1) is 5.10 Å².